The van der Waals surface area contributed by atoms with Gasteiger partial charge in [0, 0.05) is 9.49 Å². The van der Waals surface area contributed by atoms with Gasteiger partial charge in [-0.1, -0.05) is 19.1 Å². The lowest BCUT2D eigenvalue weighted by Gasteiger charge is -2.08. The first-order valence-corrected chi connectivity index (χ1v) is 5.12. The average molecular weight is 287 g/mol. The summed E-state index contributed by atoms with van der Waals surface area (Å²) in [4.78, 5) is 0. The average Bonchev–Trinajstić information content (AvgIpc) is 2.15. The fraction of sp³-hybridized carbons (Fsp3) is 0.182. The number of aliphatic hydroxyl groups is 1. The van der Waals surface area contributed by atoms with Crippen molar-refractivity contribution in [2.24, 2.45) is 0 Å². The summed E-state index contributed by atoms with van der Waals surface area (Å²) in [6, 6.07) is 6.04. The lowest BCUT2D eigenvalue weighted by molar-refractivity contribution is 0.281. The number of aliphatic hydroxyl groups excluding tert-OH is 1. The van der Waals surface area contributed by atoms with Crippen LogP contribution in [0.5, 0.6) is 0 Å². The molecule has 0 aliphatic heterocycles. The van der Waals surface area contributed by atoms with Gasteiger partial charge < -0.3 is 5.11 Å². The fourth-order valence-corrected chi connectivity index (χ4v) is 1.82. The number of benzene rings is 1. The molecule has 0 amide bonds. The van der Waals surface area contributed by atoms with Crippen LogP contribution in [0.1, 0.15) is 18.1 Å². The number of hydrogen-bond donors (Lipinski definition) is 1. The van der Waals surface area contributed by atoms with E-state index in [0.29, 0.717) is 0 Å². The van der Waals surface area contributed by atoms with Crippen molar-refractivity contribution in [1.82, 2.24) is 0 Å². The van der Waals surface area contributed by atoms with E-state index in [9.17, 15) is 0 Å². The molecule has 69 valence electrons. The lowest BCUT2D eigenvalue weighted by Crippen LogP contribution is -1.94. The molecule has 0 unspecified atom stereocenters. The van der Waals surface area contributed by atoms with E-state index in [0.717, 1.165) is 20.6 Å². The van der Waals surface area contributed by atoms with Gasteiger partial charge in [0.05, 0.1) is 6.61 Å². The number of hydrogen-bond acceptors (Lipinski definition) is 1. The largest absolute Gasteiger partial charge is 0.392 e. The van der Waals surface area contributed by atoms with Crippen molar-refractivity contribution in [2.75, 3.05) is 0 Å². The number of halogens is 1. The third-order valence-electron chi connectivity index (χ3n) is 1.90. The molecular formula is C11H12IO. The van der Waals surface area contributed by atoms with E-state index in [1.807, 2.05) is 25.1 Å². The highest BCUT2D eigenvalue weighted by Crippen LogP contribution is 2.20. The molecule has 0 aliphatic carbocycles. The van der Waals surface area contributed by atoms with E-state index in [-0.39, 0.29) is 6.61 Å². The fourth-order valence-electron chi connectivity index (χ4n) is 1.09. The Morgan fingerprint density at radius 1 is 1.54 bits per heavy atom. The standard InChI is InChI=1S/C11H12IO/c1-3-8(2)10-4-9(7-13)5-11(12)6-10/h3-6,13H,1,7H2,2H3. The molecule has 1 nitrogen and oxygen atoms in total. The Balaban J connectivity index is 3.07. The number of rotatable bonds is 3. The summed E-state index contributed by atoms with van der Waals surface area (Å²) in [6.07, 6.45) is 1.83. The molecule has 0 spiro atoms. The predicted molar refractivity (Wildman–Crippen MR) is 63.3 cm³/mol. The molecule has 1 aromatic rings. The van der Waals surface area contributed by atoms with Gasteiger partial charge in [0.15, 0.2) is 0 Å². The Kier molecular flexibility index (Phi) is 3.93. The Hall–Kier alpha value is -0.350. The second-order valence-electron chi connectivity index (χ2n) is 2.89. The van der Waals surface area contributed by atoms with Crippen molar-refractivity contribution in [3.8, 4) is 0 Å². The van der Waals surface area contributed by atoms with E-state index in [4.69, 9.17) is 5.11 Å². The molecule has 0 heterocycles. The van der Waals surface area contributed by atoms with Crippen LogP contribution in [0.25, 0.3) is 0 Å². The van der Waals surface area contributed by atoms with Gasteiger partial charge in [-0.25, -0.2) is 0 Å². The predicted octanol–water partition coefficient (Wildman–Crippen LogP) is 2.91. The monoisotopic (exact) mass is 287 g/mol. The van der Waals surface area contributed by atoms with Crippen molar-refractivity contribution < 1.29 is 5.11 Å². The minimum Gasteiger partial charge on any atom is -0.392 e. The Morgan fingerprint density at radius 3 is 2.77 bits per heavy atom. The van der Waals surface area contributed by atoms with Crippen molar-refractivity contribution in [3.63, 3.8) is 0 Å². The molecular weight excluding hydrogens is 275 g/mol. The Morgan fingerprint density at radius 2 is 2.23 bits per heavy atom. The van der Waals surface area contributed by atoms with Gasteiger partial charge in [-0.3, -0.25) is 0 Å². The quantitative estimate of drug-likeness (QED) is 0.847. The molecule has 0 aromatic heterocycles. The summed E-state index contributed by atoms with van der Waals surface area (Å²) in [5.74, 6) is 1.13. The summed E-state index contributed by atoms with van der Waals surface area (Å²) in [5.41, 5.74) is 2.08. The lowest BCUT2D eigenvalue weighted by atomic mass is 9.99. The molecule has 0 saturated carbocycles. The maximum atomic E-state index is 9.00. The molecule has 0 atom stereocenters. The Bertz CT molecular complexity index is 307. The van der Waals surface area contributed by atoms with Gasteiger partial charge in [0.25, 0.3) is 0 Å². The van der Waals surface area contributed by atoms with Gasteiger partial charge in [-0.15, -0.1) is 6.58 Å². The third kappa shape index (κ3) is 2.81. The highest BCUT2D eigenvalue weighted by Gasteiger charge is 2.04. The minimum absolute atomic E-state index is 0.0915. The van der Waals surface area contributed by atoms with Crippen LogP contribution in [-0.2, 0) is 6.61 Å². The zero-order valence-electron chi connectivity index (χ0n) is 7.55. The molecule has 2 heteroatoms. The molecule has 1 N–H and O–H groups in total. The van der Waals surface area contributed by atoms with E-state index in [2.05, 4.69) is 35.2 Å². The Labute approximate surface area is 92.6 Å². The smallest absolute Gasteiger partial charge is 0.0682 e. The minimum atomic E-state index is 0.0915. The molecule has 0 saturated heterocycles. The second kappa shape index (κ2) is 4.77. The molecule has 1 rings (SSSR count). The summed E-state index contributed by atoms with van der Waals surface area (Å²) in [6.45, 7) is 5.83. The second-order valence-corrected chi connectivity index (χ2v) is 4.14. The van der Waals surface area contributed by atoms with Crippen LogP contribution in [0.15, 0.2) is 30.9 Å². The van der Waals surface area contributed by atoms with Crippen LogP contribution in [0.3, 0.4) is 0 Å². The maximum Gasteiger partial charge on any atom is 0.0682 e. The first kappa shape index (κ1) is 10.7. The van der Waals surface area contributed by atoms with Crippen LogP contribution in [0, 0.1) is 9.49 Å². The number of allylic oxidation sites excluding steroid dienone is 1. The van der Waals surface area contributed by atoms with Gasteiger partial charge in [-0.2, -0.15) is 0 Å². The van der Waals surface area contributed by atoms with Crippen LogP contribution in [0.2, 0.25) is 0 Å². The third-order valence-corrected chi connectivity index (χ3v) is 2.52. The van der Waals surface area contributed by atoms with Crippen LogP contribution in [0.4, 0.5) is 0 Å². The molecule has 1 radical (unpaired) electrons. The first-order chi connectivity index (χ1) is 6.17. The zero-order valence-corrected chi connectivity index (χ0v) is 9.71. The highest BCUT2D eigenvalue weighted by molar-refractivity contribution is 14.1. The van der Waals surface area contributed by atoms with Crippen molar-refractivity contribution in [3.05, 3.63) is 51.5 Å². The summed E-state index contributed by atoms with van der Waals surface area (Å²) >= 11 is 2.25. The molecule has 0 fully saturated rings. The molecule has 13 heavy (non-hydrogen) atoms. The summed E-state index contributed by atoms with van der Waals surface area (Å²) in [5, 5.41) is 9.00. The maximum absolute atomic E-state index is 9.00. The van der Waals surface area contributed by atoms with Gasteiger partial charge >= 0.3 is 0 Å². The van der Waals surface area contributed by atoms with Crippen LogP contribution in [-0.4, -0.2) is 5.11 Å². The normalized spacial score (nSPS) is 10.5. The van der Waals surface area contributed by atoms with Gasteiger partial charge in [0.1, 0.15) is 0 Å². The van der Waals surface area contributed by atoms with E-state index in [1.165, 1.54) is 0 Å². The van der Waals surface area contributed by atoms with E-state index >= 15 is 0 Å². The van der Waals surface area contributed by atoms with E-state index < -0.39 is 0 Å². The van der Waals surface area contributed by atoms with Crippen LogP contribution >= 0.6 is 22.6 Å². The summed E-state index contributed by atoms with van der Waals surface area (Å²) < 4.78 is 1.14. The molecule has 0 bridgehead atoms. The van der Waals surface area contributed by atoms with E-state index in [1.54, 1.807) is 0 Å². The first-order valence-electron chi connectivity index (χ1n) is 4.04. The molecule has 0 aliphatic rings. The van der Waals surface area contributed by atoms with Gasteiger partial charge in [-0.05, 0) is 45.9 Å². The van der Waals surface area contributed by atoms with Crippen molar-refractivity contribution >= 4 is 22.6 Å². The van der Waals surface area contributed by atoms with Crippen molar-refractivity contribution in [2.45, 2.75) is 13.5 Å². The summed E-state index contributed by atoms with van der Waals surface area (Å²) in [7, 11) is 0. The topological polar surface area (TPSA) is 20.2 Å². The van der Waals surface area contributed by atoms with Crippen molar-refractivity contribution in [1.29, 1.82) is 0 Å². The van der Waals surface area contributed by atoms with Crippen LogP contribution < -0.4 is 0 Å². The SMILES string of the molecule is C=C[C](C)c1cc(I)cc(CO)c1. The zero-order chi connectivity index (χ0) is 9.84. The molecule has 1 aromatic carbocycles. The van der Waals surface area contributed by atoms with Gasteiger partial charge in [0.2, 0.25) is 0 Å². The highest BCUT2D eigenvalue weighted by atomic mass is 127.